The average molecular weight is 257 g/mol. The number of nitrogens with zero attached hydrogens (tertiary/aromatic N) is 1. The zero-order valence-corrected chi connectivity index (χ0v) is 10.8. The number of nitrogens with two attached hydrogens (primary N) is 1. The van der Waals surface area contributed by atoms with Crippen molar-refractivity contribution in [3.63, 3.8) is 0 Å². The predicted molar refractivity (Wildman–Crippen MR) is 66.9 cm³/mol. The number of unbranched alkanes of at least 4 members (excludes halogenated alkanes) is 1. The molecule has 0 unspecified atom stereocenters. The SMILES string of the molecule is CCCC[C@@H](CN)NS(=O)(=O)c1cccnc1. The fourth-order valence-electron chi connectivity index (χ4n) is 1.47. The number of nitrogens with one attached hydrogen (secondary N) is 1. The molecule has 0 saturated heterocycles. The van der Waals surface area contributed by atoms with E-state index in [1.807, 2.05) is 0 Å². The molecule has 5 nitrogen and oxygen atoms in total. The highest BCUT2D eigenvalue weighted by molar-refractivity contribution is 7.89. The fraction of sp³-hybridized carbons (Fsp3) is 0.545. The van der Waals surface area contributed by atoms with E-state index in [4.69, 9.17) is 5.73 Å². The van der Waals surface area contributed by atoms with Gasteiger partial charge < -0.3 is 5.73 Å². The van der Waals surface area contributed by atoms with E-state index in [9.17, 15) is 8.42 Å². The molecule has 0 saturated carbocycles. The largest absolute Gasteiger partial charge is 0.329 e. The summed E-state index contributed by atoms with van der Waals surface area (Å²) in [4.78, 5) is 3.97. The maximum Gasteiger partial charge on any atom is 0.242 e. The molecule has 1 atom stereocenters. The van der Waals surface area contributed by atoms with Crippen LogP contribution in [-0.4, -0.2) is 26.0 Å². The van der Waals surface area contributed by atoms with Gasteiger partial charge >= 0.3 is 0 Å². The third-order valence-corrected chi connectivity index (χ3v) is 3.96. The lowest BCUT2D eigenvalue weighted by atomic mass is 10.1. The fourth-order valence-corrected chi connectivity index (χ4v) is 2.72. The van der Waals surface area contributed by atoms with Gasteiger partial charge in [0.15, 0.2) is 0 Å². The summed E-state index contributed by atoms with van der Waals surface area (Å²) >= 11 is 0. The standard InChI is InChI=1S/C11H19N3O2S/c1-2-3-5-10(8-12)14-17(15,16)11-6-4-7-13-9-11/h4,6-7,9-10,14H,2-3,5,8,12H2,1H3/t10-/m0/s1. The molecule has 0 bridgehead atoms. The Balaban J connectivity index is 2.72. The summed E-state index contributed by atoms with van der Waals surface area (Å²) in [5, 5.41) is 0. The zero-order chi connectivity index (χ0) is 12.7. The molecule has 17 heavy (non-hydrogen) atoms. The highest BCUT2D eigenvalue weighted by Gasteiger charge is 2.18. The Morgan fingerprint density at radius 3 is 2.82 bits per heavy atom. The van der Waals surface area contributed by atoms with E-state index in [1.54, 1.807) is 6.07 Å². The van der Waals surface area contributed by atoms with E-state index in [-0.39, 0.29) is 10.9 Å². The molecule has 1 rings (SSSR count). The van der Waals surface area contributed by atoms with Gasteiger partial charge in [-0.1, -0.05) is 19.8 Å². The topological polar surface area (TPSA) is 85.1 Å². The van der Waals surface area contributed by atoms with E-state index in [0.717, 1.165) is 19.3 Å². The van der Waals surface area contributed by atoms with E-state index >= 15 is 0 Å². The first-order chi connectivity index (χ1) is 8.10. The molecule has 1 heterocycles. The summed E-state index contributed by atoms with van der Waals surface area (Å²) in [5.74, 6) is 0. The number of hydrogen-bond donors (Lipinski definition) is 2. The van der Waals surface area contributed by atoms with Crippen LogP contribution in [0.15, 0.2) is 29.4 Å². The summed E-state index contributed by atoms with van der Waals surface area (Å²) in [6.45, 7) is 2.36. The van der Waals surface area contributed by atoms with Crippen molar-refractivity contribution in [2.24, 2.45) is 5.73 Å². The average Bonchev–Trinajstić information content (AvgIpc) is 2.35. The molecule has 1 aromatic rings. The molecule has 0 aliphatic heterocycles. The second-order valence-electron chi connectivity index (χ2n) is 3.88. The van der Waals surface area contributed by atoms with Crippen molar-refractivity contribution >= 4 is 10.0 Å². The van der Waals surface area contributed by atoms with Gasteiger partial charge in [-0.15, -0.1) is 0 Å². The number of hydrogen-bond acceptors (Lipinski definition) is 4. The summed E-state index contributed by atoms with van der Waals surface area (Å²) in [6.07, 6.45) is 5.60. The molecule has 0 spiro atoms. The second-order valence-corrected chi connectivity index (χ2v) is 5.60. The number of sulfonamides is 1. The van der Waals surface area contributed by atoms with Gasteiger partial charge in [-0.3, -0.25) is 4.98 Å². The molecule has 0 radical (unpaired) electrons. The molecule has 3 N–H and O–H groups in total. The molecule has 0 aliphatic rings. The summed E-state index contributed by atoms with van der Waals surface area (Å²) in [6, 6.07) is 2.90. The molecule has 0 fully saturated rings. The van der Waals surface area contributed by atoms with Crippen molar-refractivity contribution in [3.8, 4) is 0 Å². The first-order valence-electron chi connectivity index (χ1n) is 5.72. The Hall–Kier alpha value is -0.980. The van der Waals surface area contributed by atoms with Crippen molar-refractivity contribution in [1.82, 2.24) is 9.71 Å². The van der Waals surface area contributed by atoms with E-state index in [0.29, 0.717) is 6.54 Å². The lowest BCUT2D eigenvalue weighted by Gasteiger charge is -2.16. The number of pyridine rings is 1. The van der Waals surface area contributed by atoms with Crippen molar-refractivity contribution in [1.29, 1.82) is 0 Å². The van der Waals surface area contributed by atoms with Gasteiger partial charge in [-0.05, 0) is 18.6 Å². The molecular formula is C11H19N3O2S. The Morgan fingerprint density at radius 1 is 1.53 bits per heavy atom. The molecule has 96 valence electrons. The van der Waals surface area contributed by atoms with Crippen LogP contribution in [0.3, 0.4) is 0 Å². The smallest absolute Gasteiger partial charge is 0.242 e. The van der Waals surface area contributed by atoms with Crippen molar-refractivity contribution < 1.29 is 8.42 Å². The Bertz CT molecular complexity index is 420. The Morgan fingerprint density at radius 2 is 2.29 bits per heavy atom. The summed E-state index contributed by atoms with van der Waals surface area (Å²) < 4.78 is 26.5. The van der Waals surface area contributed by atoms with Crippen LogP contribution in [0.1, 0.15) is 26.2 Å². The predicted octanol–water partition coefficient (Wildman–Crippen LogP) is 0.877. The first kappa shape index (κ1) is 14.1. The van der Waals surface area contributed by atoms with E-state index in [1.165, 1.54) is 18.5 Å². The van der Waals surface area contributed by atoms with Crippen molar-refractivity contribution in [3.05, 3.63) is 24.5 Å². The highest BCUT2D eigenvalue weighted by Crippen LogP contribution is 2.08. The lowest BCUT2D eigenvalue weighted by molar-refractivity contribution is 0.516. The van der Waals surface area contributed by atoms with Gasteiger partial charge in [0.25, 0.3) is 0 Å². The van der Waals surface area contributed by atoms with Crippen LogP contribution in [0.4, 0.5) is 0 Å². The molecule has 0 aromatic carbocycles. The highest BCUT2D eigenvalue weighted by atomic mass is 32.2. The number of aromatic nitrogens is 1. The van der Waals surface area contributed by atoms with E-state index < -0.39 is 10.0 Å². The minimum absolute atomic E-state index is 0.176. The van der Waals surface area contributed by atoms with Crippen LogP contribution in [0, 0.1) is 0 Å². The van der Waals surface area contributed by atoms with Gasteiger partial charge in [-0.25, -0.2) is 13.1 Å². The van der Waals surface area contributed by atoms with Gasteiger partial charge in [0.2, 0.25) is 10.0 Å². The van der Waals surface area contributed by atoms with Crippen LogP contribution in [0.2, 0.25) is 0 Å². The third kappa shape index (κ3) is 4.41. The van der Waals surface area contributed by atoms with Crippen LogP contribution in [0.5, 0.6) is 0 Å². The number of rotatable bonds is 7. The van der Waals surface area contributed by atoms with Gasteiger partial charge in [0.1, 0.15) is 4.90 Å². The Labute approximate surface area is 102 Å². The Kier molecular flexibility index (Phi) is 5.54. The lowest BCUT2D eigenvalue weighted by Crippen LogP contribution is -2.40. The minimum atomic E-state index is -3.49. The van der Waals surface area contributed by atoms with E-state index in [2.05, 4.69) is 16.6 Å². The van der Waals surface area contributed by atoms with Crippen molar-refractivity contribution in [2.75, 3.05) is 6.54 Å². The molecule has 6 heteroatoms. The van der Waals surface area contributed by atoms with Gasteiger partial charge in [0.05, 0.1) is 0 Å². The molecule has 0 aliphatic carbocycles. The quantitative estimate of drug-likeness (QED) is 0.759. The van der Waals surface area contributed by atoms with Crippen LogP contribution in [0.25, 0.3) is 0 Å². The molecular weight excluding hydrogens is 238 g/mol. The van der Waals surface area contributed by atoms with Gasteiger partial charge in [0, 0.05) is 25.0 Å². The van der Waals surface area contributed by atoms with Crippen LogP contribution < -0.4 is 10.5 Å². The first-order valence-corrected chi connectivity index (χ1v) is 7.21. The van der Waals surface area contributed by atoms with Crippen LogP contribution in [-0.2, 0) is 10.0 Å². The zero-order valence-electron chi connectivity index (χ0n) is 9.96. The minimum Gasteiger partial charge on any atom is -0.329 e. The third-order valence-electron chi connectivity index (χ3n) is 2.46. The van der Waals surface area contributed by atoms with Crippen LogP contribution >= 0.6 is 0 Å². The van der Waals surface area contributed by atoms with Crippen molar-refractivity contribution in [2.45, 2.75) is 37.1 Å². The summed E-state index contributed by atoms with van der Waals surface area (Å²) in [5.41, 5.74) is 5.56. The maximum atomic E-state index is 12.0. The molecule has 1 aromatic heterocycles. The maximum absolute atomic E-state index is 12.0. The molecule has 0 amide bonds. The second kappa shape index (κ2) is 6.68. The van der Waals surface area contributed by atoms with Gasteiger partial charge in [-0.2, -0.15) is 0 Å². The normalized spacial score (nSPS) is 13.5. The summed E-state index contributed by atoms with van der Waals surface area (Å²) in [7, 11) is -3.49. The monoisotopic (exact) mass is 257 g/mol.